The van der Waals surface area contributed by atoms with Crippen LogP contribution in [-0.4, -0.2) is 25.4 Å². The van der Waals surface area contributed by atoms with Crippen molar-refractivity contribution in [2.24, 2.45) is 11.8 Å². The number of nitrogens with one attached hydrogen (secondary N) is 1. The minimum Gasteiger partial charge on any atom is -0.311 e. The second-order valence-corrected chi connectivity index (χ2v) is 4.94. The van der Waals surface area contributed by atoms with E-state index in [-0.39, 0.29) is 5.91 Å². The first-order valence-electron chi connectivity index (χ1n) is 6.04. The Morgan fingerprint density at radius 2 is 2.00 bits per heavy atom. The molecule has 1 aliphatic carbocycles. The van der Waals surface area contributed by atoms with Gasteiger partial charge in [0, 0.05) is 13.0 Å². The molecule has 1 amide bonds. The zero-order valence-corrected chi connectivity index (χ0v) is 10.6. The van der Waals surface area contributed by atoms with Crippen LogP contribution in [0.15, 0.2) is 12.7 Å². The molecular weight excluding hydrogens is 230 g/mol. The quantitative estimate of drug-likeness (QED) is 0.872. The van der Waals surface area contributed by atoms with E-state index in [9.17, 15) is 4.79 Å². The highest BCUT2D eigenvalue weighted by Crippen LogP contribution is 2.50. The van der Waals surface area contributed by atoms with E-state index in [1.165, 1.54) is 13.3 Å². The highest BCUT2D eigenvalue weighted by atomic mass is 16.1. The second-order valence-electron chi connectivity index (χ2n) is 4.94. The fourth-order valence-corrected chi connectivity index (χ4v) is 2.47. The predicted molar refractivity (Wildman–Crippen MR) is 67.0 cm³/mol. The zero-order valence-electron chi connectivity index (χ0n) is 10.6. The summed E-state index contributed by atoms with van der Waals surface area (Å²) < 4.78 is 2.08. The molecule has 18 heavy (non-hydrogen) atoms. The Bertz CT molecular complexity index is 612. The van der Waals surface area contributed by atoms with Gasteiger partial charge >= 0.3 is 0 Å². The largest absolute Gasteiger partial charge is 0.311 e. The van der Waals surface area contributed by atoms with E-state index in [1.807, 2.05) is 0 Å². The maximum atomic E-state index is 11.1. The van der Waals surface area contributed by atoms with Gasteiger partial charge in [-0.2, -0.15) is 0 Å². The fourth-order valence-electron chi connectivity index (χ4n) is 2.47. The maximum absolute atomic E-state index is 11.1. The number of fused-ring (bicyclic) bond motifs is 1. The van der Waals surface area contributed by atoms with E-state index in [2.05, 4.69) is 38.7 Å². The van der Waals surface area contributed by atoms with Crippen LogP contribution in [0.4, 0.5) is 5.82 Å². The molecule has 0 saturated heterocycles. The van der Waals surface area contributed by atoms with Crippen molar-refractivity contribution in [2.75, 3.05) is 5.32 Å². The lowest BCUT2D eigenvalue weighted by Crippen LogP contribution is -2.08. The normalized spacial score (nSPS) is 26.3. The topological polar surface area (TPSA) is 72.7 Å². The van der Waals surface area contributed by atoms with Crippen molar-refractivity contribution in [3.8, 4) is 0 Å². The van der Waals surface area contributed by atoms with Gasteiger partial charge in [0.25, 0.3) is 0 Å². The Labute approximate surface area is 104 Å². The summed E-state index contributed by atoms with van der Waals surface area (Å²) in [5.41, 5.74) is 1.44. The molecule has 2 aromatic rings. The van der Waals surface area contributed by atoms with Gasteiger partial charge in [0.1, 0.15) is 6.33 Å². The maximum Gasteiger partial charge on any atom is 0.222 e. The number of aromatic nitrogens is 4. The van der Waals surface area contributed by atoms with Gasteiger partial charge in [0.05, 0.1) is 6.33 Å². The highest BCUT2D eigenvalue weighted by Gasteiger charge is 2.45. The lowest BCUT2D eigenvalue weighted by molar-refractivity contribution is -0.114. The van der Waals surface area contributed by atoms with Crippen molar-refractivity contribution in [3.05, 3.63) is 12.7 Å². The van der Waals surface area contributed by atoms with E-state index >= 15 is 0 Å². The number of anilines is 1. The average Bonchev–Trinajstić information content (AvgIpc) is 2.77. The van der Waals surface area contributed by atoms with Gasteiger partial charge in [0.2, 0.25) is 5.91 Å². The van der Waals surface area contributed by atoms with E-state index in [1.54, 1.807) is 6.33 Å². The third-order valence-corrected chi connectivity index (χ3v) is 3.74. The first-order valence-corrected chi connectivity index (χ1v) is 6.04. The van der Waals surface area contributed by atoms with Crippen LogP contribution in [0.3, 0.4) is 0 Å². The van der Waals surface area contributed by atoms with Crippen LogP contribution in [0.2, 0.25) is 0 Å². The number of carbonyl (C=O) groups excluding carboxylic acids is 1. The summed E-state index contributed by atoms with van der Waals surface area (Å²) in [6.45, 7) is 5.89. The van der Waals surface area contributed by atoms with Crippen LogP contribution >= 0.6 is 0 Å². The molecule has 2 aromatic heterocycles. The molecule has 0 aromatic carbocycles. The molecule has 0 bridgehead atoms. The second kappa shape index (κ2) is 3.76. The molecule has 3 rings (SSSR count). The van der Waals surface area contributed by atoms with Gasteiger partial charge in [0.15, 0.2) is 17.0 Å². The molecule has 0 aliphatic heterocycles. The summed E-state index contributed by atoms with van der Waals surface area (Å²) in [5.74, 6) is 1.60. The Balaban J connectivity index is 2.07. The molecular formula is C12H15N5O. The van der Waals surface area contributed by atoms with Crippen LogP contribution in [0.1, 0.15) is 26.8 Å². The van der Waals surface area contributed by atoms with Gasteiger partial charge in [-0.25, -0.2) is 15.0 Å². The first-order chi connectivity index (χ1) is 8.59. The van der Waals surface area contributed by atoms with Crippen LogP contribution < -0.4 is 5.32 Å². The van der Waals surface area contributed by atoms with Gasteiger partial charge in [-0.3, -0.25) is 4.79 Å². The number of hydrogen-bond donors (Lipinski definition) is 1. The summed E-state index contributed by atoms with van der Waals surface area (Å²) in [6.07, 6.45) is 3.25. The Hall–Kier alpha value is -1.98. The molecule has 1 N–H and O–H groups in total. The van der Waals surface area contributed by atoms with Crippen molar-refractivity contribution in [2.45, 2.75) is 26.8 Å². The van der Waals surface area contributed by atoms with Crippen molar-refractivity contribution < 1.29 is 4.79 Å². The molecule has 6 heteroatoms. The molecule has 1 saturated carbocycles. The zero-order chi connectivity index (χ0) is 12.9. The van der Waals surface area contributed by atoms with Crippen LogP contribution in [0, 0.1) is 11.8 Å². The van der Waals surface area contributed by atoms with Crippen molar-refractivity contribution >= 4 is 22.9 Å². The molecule has 2 heterocycles. The number of amides is 1. The van der Waals surface area contributed by atoms with Crippen LogP contribution in [0.5, 0.6) is 0 Å². The lowest BCUT2D eigenvalue weighted by atomic mass is 10.4. The molecule has 0 radical (unpaired) electrons. The summed E-state index contributed by atoms with van der Waals surface area (Å²) in [5, 5.41) is 2.68. The smallest absolute Gasteiger partial charge is 0.222 e. The third kappa shape index (κ3) is 1.56. The summed E-state index contributed by atoms with van der Waals surface area (Å²) in [6, 6.07) is 0.454. The molecule has 1 aliphatic rings. The number of imidazole rings is 1. The standard InChI is InChI=1S/C12H15N5O/c1-6-7(2)10(6)17-5-15-9-11(16-8(3)18)13-4-14-12(9)17/h4-7,10H,1-3H3,(H,13,14,16,18). The Morgan fingerprint density at radius 1 is 1.28 bits per heavy atom. The molecule has 6 nitrogen and oxygen atoms in total. The third-order valence-electron chi connectivity index (χ3n) is 3.74. The van der Waals surface area contributed by atoms with Gasteiger partial charge in [-0.1, -0.05) is 13.8 Å². The van der Waals surface area contributed by atoms with E-state index in [0.29, 0.717) is 29.2 Å². The number of rotatable bonds is 2. The lowest BCUT2D eigenvalue weighted by Gasteiger charge is -2.03. The number of hydrogen-bond acceptors (Lipinski definition) is 4. The van der Waals surface area contributed by atoms with Gasteiger partial charge < -0.3 is 9.88 Å². The molecule has 1 fully saturated rings. The van der Waals surface area contributed by atoms with Crippen molar-refractivity contribution in [1.82, 2.24) is 19.5 Å². The summed E-state index contributed by atoms with van der Waals surface area (Å²) >= 11 is 0. The van der Waals surface area contributed by atoms with Crippen LogP contribution in [0.25, 0.3) is 11.2 Å². The number of nitrogens with zero attached hydrogens (tertiary/aromatic N) is 4. The fraction of sp³-hybridized carbons (Fsp3) is 0.500. The monoisotopic (exact) mass is 245 g/mol. The van der Waals surface area contributed by atoms with Gasteiger partial charge in [-0.05, 0) is 11.8 Å². The number of carbonyl (C=O) groups is 1. The molecule has 94 valence electrons. The van der Waals surface area contributed by atoms with Crippen molar-refractivity contribution in [1.29, 1.82) is 0 Å². The van der Waals surface area contributed by atoms with E-state index in [0.717, 1.165) is 5.65 Å². The minimum absolute atomic E-state index is 0.155. The van der Waals surface area contributed by atoms with Gasteiger partial charge in [-0.15, -0.1) is 0 Å². The molecule has 2 atom stereocenters. The molecule has 2 unspecified atom stereocenters. The first kappa shape index (κ1) is 11.1. The van der Waals surface area contributed by atoms with Crippen molar-refractivity contribution in [3.63, 3.8) is 0 Å². The SMILES string of the molecule is CC(=O)Nc1ncnc2c1ncn2C1C(C)C1C. The summed E-state index contributed by atoms with van der Waals surface area (Å²) in [7, 11) is 0. The van der Waals surface area contributed by atoms with E-state index < -0.39 is 0 Å². The predicted octanol–water partition coefficient (Wildman–Crippen LogP) is 1.61. The van der Waals surface area contributed by atoms with Crippen LogP contribution in [-0.2, 0) is 4.79 Å². The summed E-state index contributed by atoms with van der Waals surface area (Å²) in [4.78, 5) is 23.8. The van der Waals surface area contributed by atoms with E-state index in [4.69, 9.17) is 0 Å². The molecule has 0 spiro atoms. The Kier molecular flexibility index (Phi) is 2.33. The Morgan fingerprint density at radius 3 is 2.61 bits per heavy atom. The minimum atomic E-state index is -0.155. The average molecular weight is 245 g/mol. The highest BCUT2D eigenvalue weighted by molar-refractivity contribution is 5.95.